The topological polar surface area (TPSA) is 78.5 Å². The van der Waals surface area contributed by atoms with E-state index < -0.39 is 6.17 Å². The molecule has 59 heavy (non-hydrogen) atoms. The molecule has 1 unspecified atom stereocenters. The first-order chi connectivity index (χ1) is 28.9. The van der Waals surface area contributed by atoms with Crippen LogP contribution in [0.15, 0.2) is 166 Å². The zero-order valence-electron chi connectivity index (χ0n) is 34.9. The van der Waals surface area contributed by atoms with Crippen molar-refractivity contribution in [2.75, 3.05) is 7.05 Å². The molecule has 0 saturated heterocycles. The van der Waals surface area contributed by atoms with Crippen molar-refractivity contribution in [2.24, 2.45) is 20.0 Å². The van der Waals surface area contributed by atoms with Crippen molar-refractivity contribution in [3.63, 3.8) is 0 Å². The average molecular weight is 776 g/mol. The molecular weight excluding hydrogens is 723 g/mol. The Balaban J connectivity index is 1.45. The summed E-state index contributed by atoms with van der Waals surface area (Å²) >= 11 is 0. The number of likely N-dealkylation sites (N-methyl/N-ethyl adjacent to an activating group) is 1. The van der Waals surface area contributed by atoms with Crippen LogP contribution in [-0.4, -0.2) is 45.0 Å². The molecule has 1 aliphatic heterocycles. The normalized spacial score (nSPS) is 18.5. The molecule has 0 radical (unpaired) electrons. The van der Waals surface area contributed by atoms with E-state index in [1.165, 1.54) is 0 Å². The van der Waals surface area contributed by atoms with Crippen LogP contribution in [-0.2, 0) is 6.42 Å². The molecule has 0 amide bonds. The van der Waals surface area contributed by atoms with E-state index in [9.17, 15) is 0 Å². The first-order valence-corrected chi connectivity index (χ1v) is 20.3. The second-order valence-corrected chi connectivity index (χ2v) is 14.0. The predicted molar refractivity (Wildman–Crippen MR) is 254 cm³/mol. The molecule has 2 aliphatic carbocycles. The number of rotatable bonds is 14. The highest BCUT2D eigenvalue weighted by atomic mass is 15.3. The Morgan fingerprint density at radius 2 is 1.58 bits per heavy atom. The van der Waals surface area contributed by atoms with Gasteiger partial charge in [0.15, 0.2) is 12.0 Å². The number of pyridine rings is 2. The van der Waals surface area contributed by atoms with E-state index in [1.54, 1.807) is 0 Å². The van der Waals surface area contributed by atoms with Gasteiger partial charge in [0.1, 0.15) is 5.84 Å². The van der Waals surface area contributed by atoms with E-state index in [2.05, 4.69) is 115 Å². The molecule has 1 atom stereocenters. The van der Waals surface area contributed by atoms with E-state index in [1.807, 2.05) is 94.9 Å². The Kier molecular flexibility index (Phi) is 14.5. The number of hydrogen-bond acceptors (Lipinski definition) is 7. The van der Waals surface area contributed by atoms with Gasteiger partial charge in [-0.05, 0) is 62.6 Å². The van der Waals surface area contributed by atoms with Crippen molar-refractivity contribution >= 4 is 53.5 Å². The van der Waals surface area contributed by atoms with Crippen LogP contribution in [0.4, 0.5) is 0 Å². The van der Waals surface area contributed by atoms with Gasteiger partial charge in [-0.3, -0.25) is 15.0 Å². The third-order valence-electron chi connectivity index (χ3n) is 9.98. The first kappa shape index (κ1) is 41.8. The number of aliphatic imine (C=N–C) groups is 4. The highest BCUT2D eigenvalue weighted by Gasteiger charge is 2.29. The molecular formula is C52H53N7. The number of amidine groups is 2. The maximum atomic E-state index is 5.37. The summed E-state index contributed by atoms with van der Waals surface area (Å²) in [6, 6.07) is 14.6. The first-order valence-electron chi connectivity index (χ1n) is 20.3. The van der Waals surface area contributed by atoms with Crippen molar-refractivity contribution in [3.8, 4) is 0 Å². The van der Waals surface area contributed by atoms with Crippen molar-refractivity contribution < 1.29 is 0 Å². The summed E-state index contributed by atoms with van der Waals surface area (Å²) in [5.41, 5.74) is 12.4. The highest BCUT2D eigenvalue weighted by molar-refractivity contribution is 6.15. The second-order valence-electron chi connectivity index (χ2n) is 14.0. The lowest BCUT2D eigenvalue weighted by Gasteiger charge is -2.34. The molecule has 0 spiro atoms. The molecule has 3 aromatic rings. The molecule has 3 heterocycles. The van der Waals surface area contributed by atoms with E-state index in [0.29, 0.717) is 12.3 Å². The van der Waals surface area contributed by atoms with Gasteiger partial charge >= 0.3 is 0 Å². The molecule has 7 nitrogen and oxygen atoms in total. The van der Waals surface area contributed by atoms with Gasteiger partial charge in [-0.25, -0.2) is 15.0 Å². The number of benzene rings is 1. The Morgan fingerprint density at radius 1 is 0.831 bits per heavy atom. The minimum absolute atomic E-state index is 0.413. The van der Waals surface area contributed by atoms with Gasteiger partial charge in [0.2, 0.25) is 0 Å². The van der Waals surface area contributed by atoms with Crippen LogP contribution in [0.5, 0.6) is 0 Å². The van der Waals surface area contributed by atoms with Crippen molar-refractivity contribution in [2.45, 2.75) is 59.5 Å². The minimum Gasteiger partial charge on any atom is -0.333 e. The van der Waals surface area contributed by atoms with Gasteiger partial charge < -0.3 is 4.90 Å². The largest absolute Gasteiger partial charge is 0.333 e. The maximum Gasteiger partial charge on any atom is 0.159 e. The Hall–Kier alpha value is -6.86. The fourth-order valence-electron chi connectivity index (χ4n) is 7.02. The predicted octanol–water partition coefficient (Wildman–Crippen LogP) is 12.3. The third kappa shape index (κ3) is 10.00. The number of nitrogens with zero attached hydrogens (tertiary/aromatic N) is 7. The summed E-state index contributed by atoms with van der Waals surface area (Å²) < 4.78 is 0. The van der Waals surface area contributed by atoms with Crippen LogP contribution in [0.25, 0.3) is 30.4 Å². The lowest BCUT2D eigenvalue weighted by atomic mass is 9.97. The summed E-state index contributed by atoms with van der Waals surface area (Å²) in [5.74, 6) is 1.39. The molecule has 0 saturated carbocycles. The number of allylic oxidation sites excluding steroid dienone is 9. The van der Waals surface area contributed by atoms with Crippen LogP contribution in [0.2, 0.25) is 0 Å². The van der Waals surface area contributed by atoms with Gasteiger partial charge in [-0.1, -0.05) is 135 Å². The standard InChI is InChI=1S/C52H53N7/c1-8-14-20-41(30-34-43-32-28-39-23-18-26-47(49(39)56-43)54-36-15-9-2)51-57-50(58-52(59(51)7)45-24-16-21-37(12-5)44(45)13-6)40(19-10-3)29-33-42-31-27-38-22-17-25-46(48(38)55-42)53-35-11-4/h8,10-24,27-32,34-36,52H,5-6,9,25-26,33H2,1-4,7H3/b14-8-,19-10-,34-30+,35-11-,36-15-,40-29+,41-20+,53-46?,54-47?. The zero-order valence-corrected chi connectivity index (χ0v) is 34.9. The van der Waals surface area contributed by atoms with Crippen LogP contribution < -0.4 is 0 Å². The van der Waals surface area contributed by atoms with Crippen LogP contribution in [0.3, 0.4) is 0 Å². The monoisotopic (exact) mass is 775 g/mol. The fourth-order valence-corrected chi connectivity index (χ4v) is 7.02. The maximum absolute atomic E-state index is 5.37. The molecule has 2 aromatic heterocycles. The number of hydrogen-bond donors (Lipinski definition) is 0. The molecule has 3 aliphatic rings. The van der Waals surface area contributed by atoms with Crippen molar-refractivity contribution in [1.29, 1.82) is 0 Å². The summed E-state index contributed by atoms with van der Waals surface area (Å²) in [5, 5.41) is 0. The second kappa shape index (κ2) is 20.5. The van der Waals surface area contributed by atoms with Gasteiger partial charge in [0.05, 0.1) is 28.5 Å². The van der Waals surface area contributed by atoms with Gasteiger partial charge in [0, 0.05) is 72.2 Å². The van der Waals surface area contributed by atoms with Crippen LogP contribution >= 0.6 is 0 Å². The molecule has 6 rings (SSSR count). The minimum atomic E-state index is -0.413. The fraction of sp³-hybridized carbons (Fsp3) is 0.192. The van der Waals surface area contributed by atoms with Gasteiger partial charge in [0.25, 0.3) is 0 Å². The lowest BCUT2D eigenvalue weighted by Crippen LogP contribution is -2.36. The van der Waals surface area contributed by atoms with Gasteiger partial charge in [-0.2, -0.15) is 0 Å². The van der Waals surface area contributed by atoms with Gasteiger partial charge in [-0.15, -0.1) is 0 Å². The Bertz CT molecular complexity index is 2490. The van der Waals surface area contributed by atoms with Crippen molar-refractivity contribution in [3.05, 3.63) is 197 Å². The van der Waals surface area contributed by atoms with E-state index in [0.717, 1.165) is 98.3 Å². The number of aromatic nitrogens is 2. The number of fused-ring (bicyclic) bond motifs is 2. The summed E-state index contributed by atoms with van der Waals surface area (Å²) in [4.78, 5) is 32.4. The van der Waals surface area contributed by atoms with Crippen LogP contribution in [0.1, 0.15) is 104 Å². The van der Waals surface area contributed by atoms with Crippen LogP contribution in [0, 0.1) is 0 Å². The third-order valence-corrected chi connectivity index (χ3v) is 9.98. The summed E-state index contributed by atoms with van der Waals surface area (Å²) in [7, 11) is 2.04. The van der Waals surface area contributed by atoms with E-state index >= 15 is 0 Å². The van der Waals surface area contributed by atoms with E-state index in [-0.39, 0.29) is 0 Å². The molecule has 0 fully saturated rings. The zero-order chi connectivity index (χ0) is 41.6. The van der Waals surface area contributed by atoms with E-state index in [4.69, 9.17) is 24.9 Å². The molecule has 296 valence electrons. The Labute approximate surface area is 350 Å². The average Bonchev–Trinajstić information content (AvgIpc) is 3.27. The molecule has 1 aromatic carbocycles. The summed E-state index contributed by atoms with van der Waals surface area (Å²) in [6.45, 7) is 16.4. The summed E-state index contributed by atoms with van der Waals surface area (Å²) in [6.07, 6.45) is 39.1. The quantitative estimate of drug-likeness (QED) is 0.153. The molecule has 0 N–H and O–H groups in total. The SMILES string of the molecule is C=Cc1cccc(C2N=C(C(/C=C\C)=C/Cc3ccc4c(n3)C(=N/C=C\C)CC=C4)N=C(C(/C=C/c3ccc4c(n3)C(=N/C=C\CC)CC=C4)=C/C=C\C)N2C)c1C=C. The Morgan fingerprint density at radius 3 is 2.27 bits per heavy atom. The van der Waals surface area contributed by atoms with Crippen molar-refractivity contribution in [1.82, 2.24) is 14.9 Å². The lowest BCUT2D eigenvalue weighted by molar-refractivity contribution is 0.382. The molecule has 0 bridgehead atoms. The molecule has 7 heteroatoms. The highest BCUT2D eigenvalue weighted by Crippen LogP contribution is 2.33. The smallest absolute Gasteiger partial charge is 0.159 e.